The van der Waals surface area contributed by atoms with Gasteiger partial charge in [-0.2, -0.15) is 18.2 Å². The van der Waals surface area contributed by atoms with Crippen LogP contribution in [-0.2, 0) is 11.0 Å². The zero-order valence-corrected chi connectivity index (χ0v) is 10.5. The molecule has 19 heavy (non-hydrogen) atoms. The van der Waals surface area contributed by atoms with Gasteiger partial charge in [-0.3, -0.25) is 4.79 Å². The number of nitrogens with one attached hydrogen (secondary N) is 1. The molecule has 0 fully saturated rings. The minimum absolute atomic E-state index is 0.141. The van der Waals surface area contributed by atoms with Crippen LogP contribution in [0.1, 0.15) is 12.6 Å². The maximum Gasteiger partial charge on any atom is 0.433 e. The number of nitrogens with zero attached hydrogens (tertiary/aromatic N) is 3. The molecular formula is C10H14F3N5O. The summed E-state index contributed by atoms with van der Waals surface area (Å²) >= 11 is 0. The zero-order valence-electron chi connectivity index (χ0n) is 10.5. The average molecular weight is 277 g/mol. The SMILES string of the molecule is CCN(C)C(=O)CNc1cc(C(F)(F)F)nc(N)n1. The highest BCUT2D eigenvalue weighted by molar-refractivity contribution is 5.80. The lowest BCUT2D eigenvalue weighted by Crippen LogP contribution is -2.32. The van der Waals surface area contributed by atoms with Crippen LogP contribution in [0.15, 0.2) is 6.07 Å². The quantitative estimate of drug-likeness (QED) is 0.856. The Kier molecular flexibility index (Phi) is 4.52. The van der Waals surface area contributed by atoms with Gasteiger partial charge < -0.3 is 16.0 Å². The molecule has 3 N–H and O–H groups in total. The van der Waals surface area contributed by atoms with Crippen molar-refractivity contribution in [3.63, 3.8) is 0 Å². The number of amides is 1. The summed E-state index contributed by atoms with van der Waals surface area (Å²) in [5.74, 6) is -0.917. The van der Waals surface area contributed by atoms with E-state index < -0.39 is 17.8 Å². The van der Waals surface area contributed by atoms with E-state index in [1.165, 1.54) is 4.90 Å². The third kappa shape index (κ3) is 4.27. The molecule has 0 aliphatic heterocycles. The molecule has 9 heteroatoms. The number of carbonyl (C=O) groups excluding carboxylic acids is 1. The van der Waals surface area contributed by atoms with Crippen molar-refractivity contribution in [1.29, 1.82) is 0 Å². The summed E-state index contributed by atoms with van der Waals surface area (Å²) in [6.45, 7) is 2.11. The lowest BCUT2D eigenvalue weighted by molar-refractivity contribution is -0.141. The number of rotatable bonds is 4. The van der Waals surface area contributed by atoms with Crippen LogP contribution >= 0.6 is 0 Å². The van der Waals surface area contributed by atoms with Gasteiger partial charge in [0.1, 0.15) is 5.82 Å². The van der Waals surface area contributed by atoms with Crippen LogP contribution in [0.2, 0.25) is 0 Å². The Morgan fingerprint density at radius 3 is 2.63 bits per heavy atom. The van der Waals surface area contributed by atoms with E-state index in [9.17, 15) is 18.0 Å². The van der Waals surface area contributed by atoms with Crippen molar-refractivity contribution in [1.82, 2.24) is 14.9 Å². The van der Waals surface area contributed by atoms with Gasteiger partial charge >= 0.3 is 6.18 Å². The first-order chi connectivity index (χ1) is 8.74. The maximum atomic E-state index is 12.5. The molecule has 0 saturated heterocycles. The van der Waals surface area contributed by atoms with E-state index in [-0.39, 0.29) is 18.3 Å². The molecular weight excluding hydrogens is 263 g/mol. The molecule has 106 valence electrons. The molecule has 0 aliphatic carbocycles. The number of hydrogen-bond donors (Lipinski definition) is 2. The second-order valence-corrected chi connectivity index (χ2v) is 3.76. The molecule has 0 unspecified atom stereocenters. The van der Waals surface area contributed by atoms with E-state index in [0.29, 0.717) is 12.6 Å². The van der Waals surface area contributed by atoms with Gasteiger partial charge in [0.2, 0.25) is 11.9 Å². The van der Waals surface area contributed by atoms with Crippen molar-refractivity contribution in [2.45, 2.75) is 13.1 Å². The first kappa shape index (κ1) is 15.0. The van der Waals surface area contributed by atoms with Gasteiger partial charge in [-0.05, 0) is 6.92 Å². The number of likely N-dealkylation sites (N-methyl/N-ethyl adjacent to an activating group) is 1. The molecule has 0 bridgehead atoms. The maximum absolute atomic E-state index is 12.5. The Bertz CT molecular complexity index is 463. The van der Waals surface area contributed by atoms with E-state index in [1.807, 2.05) is 0 Å². The molecule has 6 nitrogen and oxygen atoms in total. The molecule has 0 radical (unpaired) electrons. The first-order valence-electron chi connectivity index (χ1n) is 5.43. The monoisotopic (exact) mass is 277 g/mol. The van der Waals surface area contributed by atoms with Gasteiger partial charge in [0.15, 0.2) is 5.69 Å². The third-order valence-electron chi connectivity index (χ3n) is 2.35. The Labute approximate surface area is 107 Å². The Morgan fingerprint density at radius 1 is 1.47 bits per heavy atom. The minimum atomic E-state index is -4.61. The van der Waals surface area contributed by atoms with E-state index >= 15 is 0 Å². The summed E-state index contributed by atoms with van der Waals surface area (Å²) in [7, 11) is 1.58. The fourth-order valence-electron chi connectivity index (χ4n) is 1.18. The number of aromatic nitrogens is 2. The van der Waals surface area contributed by atoms with E-state index in [4.69, 9.17) is 5.73 Å². The van der Waals surface area contributed by atoms with Gasteiger partial charge in [-0.15, -0.1) is 0 Å². The molecule has 1 aromatic heterocycles. The fourth-order valence-corrected chi connectivity index (χ4v) is 1.18. The Balaban J connectivity index is 2.80. The second-order valence-electron chi connectivity index (χ2n) is 3.76. The highest BCUT2D eigenvalue weighted by Crippen LogP contribution is 2.29. The number of hydrogen-bond acceptors (Lipinski definition) is 5. The highest BCUT2D eigenvalue weighted by Gasteiger charge is 2.33. The standard InChI is InChI=1S/C10H14F3N5O/c1-3-18(2)8(19)5-15-7-4-6(10(11,12)13)16-9(14)17-7/h4H,3,5H2,1-2H3,(H3,14,15,16,17). The minimum Gasteiger partial charge on any atom is -0.368 e. The molecule has 1 amide bonds. The summed E-state index contributed by atoms with van der Waals surface area (Å²) in [5, 5.41) is 2.49. The average Bonchev–Trinajstić information content (AvgIpc) is 2.33. The lowest BCUT2D eigenvalue weighted by Gasteiger charge is -2.15. The van der Waals surface area contributed by atoms with Gasteiger partial charge in [-0.25, -0.2) is 4.98 Å². The predicted molar refractivity (Wildman–Crippen MR) is 63.2 cm³/mol. The van der Waals surface area contributed by atoms with Crippen LogP contribution in [0.4, 0.5) is 24.9 Å². The van der Waals surface area contributed by atoms with Gasteiger partial charge in [0, 0.05) is 19.7 Å². The zero-order chi connectivity index (χ0) is 14.6. The van der Waals surface area contributed by atoms with E-state index in [1.54, 1.807) is 14.0 Å². The van der Waals surface area contributed by atoms with Crippen molar-refractivity contribution < 1.29 is 18.0 Å². The molecule has 0 aromatic carbocycles. The number of nitrogens with two attached hydrogens (primary N) is 1. The largest absolute Gasteiger partial charge is 0.433 e. The molecule has 1 aromatic rings. The van der Waals surface area contributed by atoms with Crippen molar-refractivity contribution in [2.24, 2.45) is 0 Å². The first-order valence-corrected chi connectivity index (χ1v) is 5.43. The van der Waals surface area contributed by atoms with E-state index in [2.05, 4.69) is 15.3 Å². The smallest absolute Gasteiger partial charge is 0.368 e. The Hall–Kier alpha value is -2.06. The van der Waals surface area contributed by atoms with Crippen molar-refractivity contribution >= 4 is 17.7 Å². The molecule has 0 spiro atoms. The van der Waals surface area contributed by atoms with Crippen LogP contribution in [0.3, 0.4) is 0 Å². The summed E-state index contributed by atoms with van der Waals surface area (Å²) in [6, 6.07) is 0.704. The summed E-state index contributed by atoms with van der Waals surface area (Å²) in [4.78, 5) is 19.6. The summed E-state index contributed by atoms with van der Waals surface area (Å²) in [6.07, 6.45) is -4.61. The highest BCUT2D eigenvalue weighted by atomic mass is 19.4. The topological polar surface area (TPSA) is 84.1 Å². The third-order valence-corrected chi connectivity index (χ3v) is 2.35. The number of nitrogen functional groups attached to an aromatic ring is 1. The fraction of sp³-hybridized carbons (Fsp3) is 0.500. The van der Waals surface area contributed by atoms with Gasteiger partial charge in [-0.1, -0.05) is 0 Å². The van der Waals surface area contributed by atoms with Crippen molar-refractivity contribution in [3.8, 4) is 0 Å². The molecule has 0 aliphatic rings. The van der Waals surface area contributed by atoms with Crippen LogP contribution < -0.4 is 11.1 Å². The van der Waals surface area contributed by atoms with Gasteiger partial charge in [0.25, 0.3) is 0 Å². The lowest BCUT2D eigenvalue weighted by atomic mass is 10.3. The second kappa shape index (κ2) is 5.72. The van der Waals surface area contributed by atoms with Gasteiger partial charge in [0.05, 0.1) is 6.54 Å². The predicted octanol–water partition coefficient (Wildman–Crippen LogP) is 0.968. The Morgan fingerprint density at radius 2 is 2.11 bits per heavy atom. The number of carbonyl (C=O) groups is 1. The molecule has 1 heterocycles. The van der Waals surface area contributed by atoms with Crippen LogP contribution in [-0.4, -0.2) is 40.9 Å². The van der Waals surface area contributed by atoms with E-state index in [0.717, 1.165) is 0 Å². The molecule has 0 saturated carbocycles. The van der Waals surface area contributed by atoms with Crippen LogP contribution in [0.25, 0.3) is 0 Å². The number of anilines is 2. The van der Waals surface area contributed by atoms with Crippen molar-refractivity contribution in [3.05, 3.63) is 11.8 Å². The van der Waals surface area contributed by atoms with Crippen LogP contribution in [0.5, 0.6) is 0 Å². The van der Waals surface area contributed by atoms with Crippen LogP contribution in [0, 0.1) is 0 Å². The van der Waals surface area contributed by atoms with Crippen molar-refractivity contribution in [2.75, 3.05) is 31.2 Å². The molecule has 1 rings (SSSR count). The molecule has 0 atom stereocenters. The normalized spacial score (nSPS) is 11.2. The number of alkyl halides is 3. The summed E-state index contributed by atoms with van der Waals surface area (Å²) in [5.41, 5.74) is 4.04. The summed E-state index contributed by atoms with van der Waals surface area (Å²) < 4.78 is 37.4. The number of halogens is 3.